The minimum Gasteiger partial charge on any atom is -0.497 e. The van der Waals surface area contributed by atoms with Crippen LogP contribution < -0.4 is 10.1 Å². The third kappa shape index (κ3) is 5.01. The van der Waals surface area contributed by atoms with Crippen molar-refractivity contribution in [3.8, 4) is 5.75 Å². The molecule has 0 saturated carbocycles. The van der Waals surface area contributed by atoms with Crippen LogP contribution in [0.1, 0.15) is 12.0 Å². The third-order valence-electron chi connectivity index (χ3n) is 4.14. The SMILES string of the molecule is CN=C(NCCc1ccc(OC)cc1Cl)N1CCC(COC)C1. The maximum atomic E-state index is 6.28. The van der Waals surface area contributed by atoms with Crippen molar-refractivity contribution < 1.29 is 9.47 Å². The molecule has 2 rings (SSSR count). The van der Waals surface area contributed by atoms with Crippen LogP contribution in [-0.4, -0.2) is 58.4 Å². The van der Waals surface area contributed by atoms with Gasteiger partial charge >= 0.3 is 0 Å². The van der Waals surface area contributed by atoms with Crippen molar-refractivity contribution in [2.75, 3.05) is 47.5 Å². The first-order valence-electron chi connectivity index (χ1n) is 7.95. The van der Waals surface area contributed by atoms with Gasteiger partial charge in [0.25, 0.3) is 0 Å². The van der Waals surface area contributed by atoms with Gasteiger partial charge in [0.15, 0.2) is 5.96 Å². The molecule has 1 heterocycles. The van der Waals surface area contributed by atoms with E-state index in [1.807, 2.05) is 25.2 Å². The molecule has 0 aliphatic carbocycles. The number of benzene rings is 1. The van der Waals surface area contributed by atoms with Gasteiger partial charge in [-0.1, -0.05) is 17.7 Å². The van der Waals surface area contributed by atoms with Crippen LogP contribution in [0.3, 0.4) is 0 Å². The monoisotopic (exact) mass is 339 g/mol. The zero-order valence-electron chi connectivity index (χ0n) is 14.1. The van der Waals surface area contributed by atoms with Crippen molar-refractivity contribution in [2.24, 2.45) is 10.9 Å². The summed E-state index contributed by atoms with van der Waals surface area (Å²) in [5.74, 6) is 2.33. The van der Waals surface area contributed by atoms with Crippen molar-refractivity contribution in [3.63, 3.8) is 0 Å². The highest BCUT2D eigenvalue weighted by molar-refractivity contribution is 6.31. The lowest BCUT2D eigenvalue weighted by Gasteiger charge is -2.21. The molecule has 0 aromatic heterocycles. The maximum absolute atomic E-state index is 6.28. The summed E-state index contributed by atoms with van der Waals surface area (Å²) < 4.78 is 10.4. The molecule has 1 fully saturated rings. The number of rotatable bonds is 6. The van der Waals surface area contributed by atoms with Gasteiger partial charge in [0, 0.05) is 44.7 Å². The van der Waals surface area contributed by atoms with Crippen molar-refractivity contribution in [1.82, 2.24) is 10.2 Å². The number of likely N-dealkylation sites (tertiary alicyclic amines) is 1. The highest BCUT2D eigenvalue weighted by atomic mass is 35.5. The van der Waals surface area contributed by atoms with Crippen molar-refractivity contribution in [3.05, 3.63) is 28.8 Å². The van der Waals surface area contributed by atoms with Crippen molar-refractivity contribution >= 4 is 17.6 Å². The molecule has 1 saturated heterocycles. The molecule has 1 atom stereocenters. The first kappa shape index (κ1) is 17.9. The predicted octanol–water partition coefficient (Wildman–Crippen LogP) is 2.43. The number of nitrogens with zero attached hydrogens (tertiary/aromatic N) is 2. The highest BCUT2D eigenvalue weighted by Gasteiger charge is 2.24. The largest absolute Gasteiger partial charge is 0.497 e. The Balaban J connectivity index is 1.82. The van der Waals surface area contributed by atoms with Gasteiger partial charge in [-0.3, -0.25) is 4.99 Å². The van der Waals surface area contributed by atoms with Gasteiger partial charge in [-0.2, -0.15) is 0 Å². The van der Waals surface area contributed by atoms with E-state index in [-0.39, 0.29) is 0 Å². The standard InChI is InChI=1S/C17H26ClN3O2/c1-19-17(21-9-7-13(11-21)12-22-2)20-8-6-14-4-5-15(23-3)10-16(14)18/h4-5,10,13H,6-9,11-12H2,1-3H3,(H,19,20). The fraction of sp³-hybridized carbons (Fsp3) is 0.588. The van der Waals surface area contributed by atoms with E-state index in [4.69, 9.17) is 21.1 Å². The first-order valence-corrected chi connectivity index (χ1v) is 8.32. The van der Waals surface area contributed by atoms with Crippen LogP contribution in [0.25, 0.3) is 0 Å². The molecule has 1 unspecified atom stereocenters. The van der Waals surface area contributed by atoms with Gasteiger partial charge < -0.3 is 19.7 Å². The van der Waals surface area contributed by atoms with E-state index < -0.39 is 0 Å². The second kappa shape index (κ2) is 8.99. The van der Waals surface area contributed by atoms with E-state index in [0.29, 0.717) is 5.92 Å². The second-order valence-corrected chi connectivity index (χ2v) is 6.14. The zero-order chi connectivity index (χ0) is 16.7. The van der Waals surface area contributed by atoms with E-state index in [1.54, 1.807) is 14.2 Å². The quantitative estimate of drug-likeness (QED) is 0.638. The summed E-state index contributed by atoms with van der Waals surface area (Å²) in [5.41, 5.74) is 1.11. The number of methoxy groups -OCH3 is 2. The summed E-state index contributed by atoms with van der Waals surface area (Å²) in [6.07, 6.45) is 2.00. The molecule has 23 heavy (non-hydrogen) atoms. The molecule has 128 valence electrons. The first-order chi connectivity index (χ1) is 11.2. The van der Waals surface area contributed by atoms with Crippen LogP contribution in [0.15, 0.2) is 23.2 Å². The van der Waals surface area contributed by atoms with Crippen LogP contribution in [0.4, 0.5) is 0 Å². The number of ether oxygens (including phenoxy) is 2. The predicted molar refractivity (Wildman–Crippen MR) is 94.6 cm³/mol. The van der Waals surface area contributed by atoms with Gasteiger partial charge in [0.2, 0.25) is 0 Å². The average Bonchev–Trinajstić information content (AvgIpc) is 3.01. The number of halogens is 1. The van der Waals surface area contributed by atoms with Crippen molar-refractivity contribution in [1.29, 1.82) is 0 Å². The van der Waals surface area contributed by atoms with Crippen molar-refractivity contribution in [2.45, 2.75) is 12.8 Å². The van der Waals surface area contributed by atoms with Crippen LogP contribution >= 0.6 is 11.6 Å². The van der Waals surface area contributed by atoms with E-state index in [9.17, 15) is 0 Å². The van der Waals surface area contributed by atoms with Gasteiger partial charge in [0.05, 0.1) is 13.7 Å². The van der Waals surface area contributed by atoms with Gasteiger partial charge in [0.1, 0.15) is 5.75 Å². The Hall–Kier alpha value is -1.46. The Labute approximate surface area is 143 Å². The lowest BCUT2D eigenvalue weighted by molar-refractivity contribution is 0.157. The molecular weight excluding hydrogens is 314 g/mol. The Morgan fingerprint density at radius 2 is 2.26 bits per heavy atom. The van der Waals surface area contributed by atoms with E-state index >= 15 is 0 Å². The second-order valence-electron chi connectivity index (χ2n) is 5.74. The highest BCUT2D eigenvalue weighted by Crippen LogP contribution is 2.22. The third-order valence-corrected chi connectivity index (χ3v) is 4.49. The molecule has 1 aromatic carbocycles. The van der Waals surface area contributed by atoms with Gasteiger partial charge in [-0.05, 0) is 30.5 Å². The van der Waals surface area contributed by atoms with E-state index in [1.165, 1.54) is 0 Å². The smallest absolute Gasteiger partial charge is 0.193 e. The number of aliphatic imine (C=N–C) groups is 1. The molecule has 6 heteroatoms. The lowest BCUT2D eigenvalue weighted by atomic mass is 10.1. The minimum atomic E-state index is 0.592. The molecule has 5 nitrogen and oxygen atoms in total. The summed E-state index contributed by atoms with van der Waals surface area (Å²) in [4.78, 5) is 6.67. The van der Waals surface area contributed by atoms with Gasteiger partial charge in [-0.25, -0.2) is 0 Å². The molecule has 0 spiro atoms. The Morgan fingerprint density at radius 3 is 2.91 bits per heavy atom. The lowest BCUT2D eigenvalue weighted by Crippen LogP contribution is -2.41. The summed E-state index contributed by atoms with van der Waals surface area (Å²) >= 11 is 6.28. The normalized spacial score (nSPS) is 18.3. The van der Waals surface area contributed by atoms with Gasteiger partial charge in [-0.15, -0.1) is 0 Å². The summed E-state index contributed by atoms with van der Waals surface area (Å²) in [5, 5.41) is 4.16. The van der Waals surface area contributed by atoms with Crippen LogP contribution in [0, 0.1) is 5.92 Å². The Kier molecular flexibility index (Phi) is 6.99. The molecule has 0 bridgehead atoms. The minimum absolute atomic E-state index is 0.592. The fourth-order valence-corrected chi connectivity index (χ4v) is 3.16. The number of nitrogens with one attached hydrogen (secondary N) is 1. The number of hydrogen-bond acceptors (Lipinski definition) is 3. The Morgan fingerprint density at radius 1 is 1.43 bits per heavy atom. The number of guanidine groups is 1. The molecule has 1 aromatic rings. The molecule has 1 N–H and O–H groups in total. The molecular formula is C17H26ClN3O2. The van der Waals surface area contributed by atoms with Crippen LogP contribution in [-0.2, 0) is 11.2 Å². The molecule has 0 radical (unpaired) electrons. The van der Waals surface area contributed by atoms with E-state index in [0.717, 1.165) is 61.4 Å². The molecule has 0 amide bonds. The summed E-state index contributed by atoms with van der Waals surface area (Å²) in [6.45, 7) is 3.63. The topological polar surface area (TPSA) is 46.1 Å². The zero-order valence-corrected chi connectivity index (χ0v) is 14.9. The molecule has 1 aliphatic heterocycles. The Bertz CT molecular complexity index is 537. The average molecular weight is 340 g/mol. The van der Waals surface area contributed by atoms with Crippen LogP contribution in [0.2, 0.25) is 5.02 Å². The van der Waals surface area contributed by atoms with E-state index in [2.05, 4.69) is 15.2 Å². The fourth-order valence-electron chi connectivity index (χ4n) is 2.90. The number of hydrogen-bond donors (Lipinski definition) is 1. The summed E-state index contributed by atoms with van der Waals surface area (Å²) in [7, 11) is 5.23. The molecule has 1 aliphatic rings. The maximum Gasteiger partial charge on any atom is 0.193 e. The summed E-state index contributed by atoms with van der Waals surface area (Å²) in [6, 6.07) is 5.80. The van der Waals surface area contributed by atoms with Crippen LogP contribution in [0.5, 0.6) is 5.75 Å².